The Labute approximate surface area is 341 Å². The Balaban J connectivity index is 0.997. The minimum Gasteiger partial charge on any atom is -0.453 e. The number of amides is 1. The van der Waals surface area contributed by atoms with E-state index in [1.54, 1.807) is 24.4 Å². The van der Waals surface area contributed by atoms with E-state index in [0.29, 0.717) is 50.7 Å². The maximum atomic E-state index is 15.6. The van der Waals surface area contributed by atoms with E-state index in [-0.39, 0.29) is 35.1 Å². The molecule has 58 heavy (non-hydrogen) atoms. The van der Waals surface area contributed by atoms with Gasteiger partial charge in [0, 0.05) is 80.7 Å². The molecule has 316 valence electrons. The fraction of sp³-hybridized carbons (Fsp3) is 0.571. The van der Waals surface area contributed by atoms with Crippen LogP contribution in [-0.4, -0.2) is 119 Å². The summed E-state index contributed by atoms with van der Waals surface area (Å²) >= 11 is 0. The lowest BCUT2D eigenvalue weighted by molar-refractivity contribution is 0.0542. The van der Waals surface area contributed by atoms with Crippen LogP contribution in [0, 0.1) is 36.3 Å². The van der Waals surface area contributed by atoms with E-state index in [2.05, 4.69) is 19.8 Å². The SMILES string of the molecule is COC(=O)N[C@H]1CCC[C@@H]1[C@](Cn1ccnc1C)(c1cccc(F)c1)C1CCN(CC2CN(c3ccc(S(=O)(=O)[C@@H]4CCN(C/C=C/S(C)(=O)=O)C4)cc3F)C2)CC1. The second-order valence-electron chi connectivity index (χ2n) is 16.8. The fourth-order valence-corrected chi connectivity index (χ4v) is 12.4. The maximum Gasteiger partial charge on any atom is 0.407 e. The van der Waals surface area contributed by atoms with E-state index in [1.165, 1.54) is 25.3 Å². The summed E-state index contributed by atoms with van der Waals surface area (Å²) < 4.78 is 87.6. The number of carbonyl (C=O) groups excluding carboxylic acids is 1. The number of ether oxygens (including phenoxy) is 1. The van der Waals surface area contributed by atoms with Crippen molar-refractivity contribution in [2.24, 2.45) is 17.8 Å². The van der Waals surface area contributed by atoms with Gasteiger partial charge in [-0.3, -0.25) is 4.90 Å². The van der Waals surface area contributed by atoms with Crippen molar-refractivity contribution in [2.75, 3.05) is 70.6 Å². The fourth-order valence-electron chi connectivity index (χ4n) is 10.3. The average molecular weight is 843 g/mol. The first-order valence-corrected chi connectivity index (χ1v) is 23.8. The summed E-state index contributed by atoms with van der Waals surface area (Å²) in [5.74, 6) is 0.619. The van der Waals surface area contributed by atoms with Gasteiger partial charge in [0.25, 0.3) is 0 Å². The van der Waals surface area contributed by atoms with E-state index in [4.69, 9.17) is 4.74 Å². The Bertz CT molecular complexity index is 2190. The molecule has 3 saturated heterocycles. The first-order valence-electron chi connectivity index (χ1n) is 20.3. The normalized spacial score (nSPS) is 23.9. The molecule has 3 aliphatic heterocycles. The third-order valence-electron chi connectivity index (χ3n) is 13.1. The highest BCUT2D eigenvalue weighted by molar-refractivity contribution is 7.93. The van der Waals surface area contributed by atoms with Crippen LogP contribution in [0.1, 0.15) is 49.9 Å². The molecule has 4 atom stereocenters. The third kappa shape index (κ3) is 9.14. The zero-order valence-electron chi connectivity index (χ0n) is 33.6. The summed E-state index contributed by atoms with van der Waals surface area (Å²) in [6.45, 7) is 7.61. The third-order valence-corrected chi connectivity index (χ3v) is 16.0. The maximum absolute atomic E-state index is 15.6. The number of nitrogens with one attached hydrogen (secondary N) is 1. The molecule has 7 rings (SSSR count). The number of benzene rings is 2. The molecule has 2 aromatic carbocycles. The predicted molar refractivity (Wildman–Crippen MR) is 219 cm³/mol. The van der Waals surface area contributed by atoms with Crippen LogP contribution in [0.25, 0.3) is 0 Å². The van der Waals surface area contributed by atoms with Gasteiger partial charge in [-0.15, -0.1) is 0 Å². The summed E-state index contributed by atoms with van der Waals surface area (Å²) in [6.07, 6.45) is 10.8. The van der Waals surface area contributed by atoms with Gasteiger partial charge in [-0.25, -0.2) is 35.4 Å². The molecule has 1 aromatic heterocycles. The zero-order chi connectivity index (χ0) is 41.2. The van der Waals surface area contributed by atoms with E-state index in [1.807, 2.05) is 29.0 Å². The van der Waals surface area contributed by atoms with Crippen molar-refractivity contribution in [1.82, 2.24) is 24.7 Å². The number of halogens is 2. The van der Waals surface area contributed by atoms with Crippen molar-refractivity contribution in [3.8, 4) is 0 Å². The van der Waals surface area contributed by atoms with E-state index < -0.39 is 42.2 Å². The molecule has 4 fully saturated rings. The Morgan fingerprint density at radius 2 is 1.74 bits per heavy atom. The zero-order valence-corrected chi connectivity index (χ0v) is 35.2. The molecule has 16 heteroatoms. The number of anilines is 1. The van der Waals surface area contributed by atoms with Gasteiger partial charge in [-0.1, -0.05) is 24.6 Å². The Hall–Kier alpha value is -3.86. The van der Waals surface area contributed by atoms with Gasteiger partial charge < -0.3 is 24.4 Å². The van der Waals surface area contributed by atoms with Crippen molar-refractivity contribution in [2.45, 2.75) is 73.6 Å². The van der Waals surface area contributed by atoms with Gasteiger partial charge in [-0.2, -0.15) is 0 Å². The van der Waals surface area contributed by atoms with Crippen LogP contribution >= 0.6 is 0 Å². The number of likely N-dealkylation sites (tertiary alicyclic amines) is 2. The molecule has 0 radical (unpaired) electrons. The van der Waals surface area contributed by atoms with Crippen molar-refractivity contribution in [3.05, 3.63) is 89.4 Å². The van der Waals surface area contributed by atoms with Crippen molar-refractivity contribution < 1.29 is 35.1 Å². The van der Waals surface area contributed by atoms with Crippen LogP contribution in [0.5, 0.6) is 0 Å². The summed E-state index contributed by atoms with van der Waals surface area (Å²) in [7, 11) is -5.65. The molecule has 0 spiro atoms. The number of imidazole rings is 1. The first kappa shape index (κ1) is 42.3. The lowest BCUT2D eigenvalue weighted by Gasteiger charge is -2.51. The largest absolute Gasteiger partial charge is 0.453 e. The highest BCUT2D eigenvalue weighted by Crippen LogP contribution is 2.52. The van der Waals surface area contributed by atoms with Crippen molar-refractivity contribution >= 4 is 31.5 Å². The first-order chi connectivity index (χ1) is 27.7. The monoisotopic (exact) mass is 842 g/mol. The van der Waals surface area contributed by atoms with Crippen LogP contribution in [0.2, 0.25) is 0 Å². The topological polar surface area (TPSA) is 134 Å². The van der Waals surface area contributed by atoms with Gasteiger partial charge in [0.05, 0.1) is 22.9 Å². The highest BCUT2D eigenvalue weighted by Gasteiger charge is 2.52. The molecule has 0 bridgehead atoms. The van der Waals surface area contributed by atoms with Crippen molar-refractivity contribution in [1.29, 1.82) is 0 Å². The second-order valence-corrected chi connectivity index (χ2v) is 21.0. The number of aryl methyl sites for hydroxylation is 1. The van der Waals surface area contributed by atoms with Crippen LogP contribution in [0.4, 0.5) is 19.3 Å². The highest BCUT2D eigenvalue weighted by atomic mass is 32.2. The van der Waals surface area contributed by atoms with Gasteiger partial charge in [0.2, 0.25) is 0 Å². The molecule has 1 N–H and O–H groups in total. The minimum absolute atomic E-state index is 0.0326. The summed E-state index contributed by atoms with van der Waals surface area (Å²) in [6, 6.07) is 11.1. The van der Waals surface area contributed by atoms with Crippen LogP contribution in [-0.2, 0) is 36.4 Å². The van der Waals surface area contributed by atoms with E-state index >= 15 is 8.78 Å². The minimum atomic E-state index is -3.77. The van der Waals surface area contributed by atoms with Crippen LogP contribution in [0.3, 0.4) is 0 Å². The van der Waals surface area contributed by atoms with E-state index in [9.17, 15) is 21.6 Å². The number of methoxy groups -OCH3 is 1. The standard InChI is InChI=1S/C42H56F2N6O6S2/c1-30-45-16-21-49(30)29-42(33-7-4-8-34(43)23-33,37-9-5-10-39(37)46-41(51)56-2)32-13-18-48(19-14-32)25-31-26-50(27-31)40-12-11-35(24-38(40)44)58(54,55)36-15-20-47(28-36)17-6-22-57(3,52)53/h4,6-8,11-12,16,21-24,31-32,36-37,39H,5,9-10,13-15,17-20,25-29H2,1-3H3,(H,46,51)/b22-6+/t36-,37+,39+,42+/m1/s1. The van der Waals surface area contributed by atoms with Gasteiger partial charge in [-0.05, 0) is 106 Å². The smallest absolute Gasteiger partial charge is 0.407 e. The molecule has 12 nitrogen and oxygen atoms in total. The second kappa shape index (κ2) is 17.4. The van der Waals surface area contributed by atoms with Gasteiger partial charge >= 0.3 is 6.09 Å². The molecule has 3 aromatic rings. The molecule has 1 amide bonds. The number of alkyl carbamates (subject to hydrolysis) is 1. The van der Waals surface area contributed by atoms with Gasteiger partial charge in [0.15, 0.2) is 19.7 Å². The molecule has 4 heterocycles. The predicted octanol–water partition coefficient (Wildman–Crippen LogP) is 5.19. The Kier molecular flexibility index (Phi) is 12.7. The number of hydrogen-bond donors (Lipinski definition) is 1. The number of sulfone groups is 2. The molecule has 1 aliphatic carbocycles. The molecule has 0 unspecified atom stereocenters. The number of piperidine rings is 1. The molecule has 4 aliphatic rings. The molecular weight excluding hydrogens is 787 g/mol. The quantitative estimate of drug-likeness (QED) is 0.231. The van der Waals surface area contributed by atoms with Crippen LogP contribution < -0.4 is 10.2 Å². The van der Waals surface area contributed by atoms with Crippen LogP contribution in [0.15, 0.2) is 71.2 Å². The lowest BCUT2D eigenvalue weighted by Crippen LogP contribution is -2.56. The molecular formula is C42H56F2N6O6S2. The molecule has 1 saturated carbocycles. The van der Waals surface area contributed by atoms with Crippen molar-refractivity contribution in [3.63, 3.8) is 0 Å². The number of hydrogen-bond acceptors (Lipinski definition) is 10. The summed E-state index contributed by atoms with van der Waals surface area (Å²) in [5.41, 5.74) is 0.859. The van der Waals surface area contributed by atoms with Gasteiger partial charge in [0.1, 0.15) is 17.5 Å². The summed E-state index contributed by atoms with van der Waals surface area (Å²) in [4.78, 5) is 23.4. The van der Waals surface area contributed by atoms with E-state index in [0.717, 1.165) is 80.9 Å². The number of aromatic nitrogens is 2. The Morgan fingerprint density at radius 3 is 2.41 bits per heavy atom. The number of carbonyl (C=O) groups is 1. The number of rotatable bonds is 14. The Morgan fingerprint density at radius 1 is 0.983 bits per heavy atom. The lowest BCUT2D eigenvalue weighted by atomic mass is 9.58. The average Bonchev–Trinajstić information content (AvgIpc) is 3.94. The number of nitrogens with zero attached hydrogens (tertiary/aromatic N) is 5. The summed E-state index contributed by atoms with van der Waals surface area (Å²) in [5, 5.41) is 3.57.